The van der Waals surface area contributed by atoms with Gasteiger partial charge >= 0.3 is 0 Å². The maximum absolute atomic E-state index is 13.0. The summed E-state index contributed by atoms with van der Waals surface area (Å²) in [5.74, 6) is 0.0403. The van der Waals surface area contributed by atoms with E-state index in [9.17, 15) is 9.18 Å². The van der Waals surface area contributed by atoms with Crippen LogP contribution in [-0.2, 0) is 11.3 Å². The third-order valence-electron chi connectivity index (χ3n) is 4.28. The number of rotatable bonds is 7. The van der Waals surface area contributed by atoms with Crippen LogP contribution in [0.4, 0.5) is 4.39 Å². The number of amides is 1. The van der Waals surface area contributed by atoms with Crippen LogP contribution in [0.25, 0.3) is 0 Å². The lowest BCUT2D eigenvalue weighted by molar-refractivity contribution is -0.126. The van der Waals surface area contributed by atoms with Crippen LogP contribution in [0.1, 0.15) is 24.8 Å². The largest absolute Gasteiger partial charge is 0.356 e. The van der Waals surface area contributed by atoms with Gasteiger partial charge in [0.25, 0.3) is 0 Å². The number of halogens is 1. The first-order valence-electron chi connectivity index (χ1n) is 8.44. The van der Waals surface area contributed by atoms with Crippen LogP contribution in [-0.4, -0.2) is 56.0 Å². The maximum atomic E-state index is 13.0. The SMILES string of the molecule is CN(C)CCCNC(=O)C1CCCN(Cc2ccc(F)cc2)C1. The van der Waals surface area contributed by atoms with E-state index in [4.69, 9.17) is 0 Å². The summed E-state index contributed by atoms with van der Waals surface area (Å²) in [5, 5.41) is 3.06. The van der Waals surface area contributed by atoms with Gasteiger partial charge in [-0.1, -0.05) is 12.1 Å². The zero-order valence-corrected chi connectivity index (χ0v) is 14.2. The van der Waals surface area contributed by atoms with E-state index in [0.717, 1.165) is 57.5 Å². The summed E-state index contributed by atoms with van der Waals surface area (Å²) >= 11 is 0. The van der Waals surface area contributed by atoms with E-state index in [-0.39, 0.29) is 17.6 Å². The van der Waals surface area contributed by atoms with Gasteiger partial charge in [0.05, 0.1) is 5.92 Å². The minimum Gasteiger partial charge on any atom is -0.356 e. The molecule has 0 bridgehead atoms. The van der Waals surface area contributed by atoms with Gasteiger partial charge in [-0.3, -0.25) is 9.69 Å². The van der Waals surface area contributed by atoms with Crippen molar-refractivity contribution in [2.24, 2.45) is 5.92 Å². The number of carbonyl (C=O) groups is 1. The second kappa shape index (κ2) is 8.99. The molecular weight excluding hydrogens is 293 g/mol. The molecule has 1 N–H and O–H groups in total. The van der Waals surface area contributed by atoms with Crippen molar-refractivity contribution in [2.45, 2.75) is 25.8 Å². The Morgan fingerprint density at radius 2 is 2.09 bits per heavy atom. The van der Waals surface area contributed by atoms with Gasteiger partial charge in [0.15, 0.2) is 0 Å². The fourth-order valence-electron chi connectivity index (χ4n) is 3.01. The van der Waals surface area contributed by atoms with Crippen molar-refractivity contribution in [2.75, 3.05) is 40.3 Å². The molecule has 1 fully saturated rings. The molecule has 1 amide bonds. The highest BCUT2D eigenvalue weighted by atomic mass is 19.1. The molecule has 128 valence electrons. The highest BCUT2D eigenvalue weighted by molar-refractivity contribution is 5.78. The maximum Gasteiger partial charge on any atom is 0.224 e. The number of nitrogens with one attached hydrogen (secondary N) is 1. The van der Waals surface area contributed by atoms with Crippen molar-refractivity contribution >= 4 is 5.91 Å². The van der Waals surface area contributed by atoms with Gasteiger partial charge < -0.3 is 10.2 Å². The van der Waals surface area contributed by atoms with Gasteiger partial charge in [-0.05, 0) is 64.1 Å². The quantitative estimate of drug-likeness (QED) is 0.781. The summed E-state index contributed by atoms with van der Waals surface area (Å²) in [5.41, 5.74) is 1.10. The monoisotopic (exact) mass is 321 g/mol. The minimum atomic E-state index is -0.206. The summed E-state index contributed by atoms with van der Waals surface area (Å²) in [6.45, 7) is 4.30. The van der Waals surface area contributed by atoms with Crippen LogP contribution in [0, 0.1) is 11.7 Å². The van der Waals surface area contributed by atoms with Crippen LogP contribution in [0.3, 0.4) is 0 Å². The lowest BCUT2D eigenvalue weighted by atomic mass is 9.96. The summed E-state index contributed by atoms with van der Waals surface area (Å²) < 4.78 is 13.0. The highest BCUT2D eigenvalue weighted by Crippen LogP contribution is 2.19. The van der Waals surface area contributed by atoms with E-state index in [1.54, 1.807) is 0 Å². The second-order valence-corrected chi connectivity index (χ2v) is 6.65. The molecular formula is C18H28FN3O. The molecule has 4 nitrogen and oxygen atoms in total. The molecule has 1 unspecified atom stereocenters. The van der Waals surface area contributed by atoms with Gasteiger partial charge in [-0.15, -0.1) is 0 Å². The number of carbonyl (C=O) groups excluding carboxylic acids is 1. The smallest absolute Gasteiger partial charge is 0.224 e. The average molecular weight is 321 g/mol. The zero-order valence-electron chi connectivity index (χ0n) is 14.2. The Balaban J connectivity index is 1.76. The van der Waals surface area contributed by atoms with E-state index in [1.807, 2.05) is 26.2 Å². The lowest BCUT2D eigenvalue weighted by Crippen LogP contribution is -2.43. The fourth-order valence-corrected chi connectivity index (χ4v) is 3.01. The Labute approximate surface area is 138 Å². The summed E-state index contributed by atoms with van der Waals surface area (Å²) in [6.07, 6.45) is 2.97. The molecule has 5 heteroatoms. The Bertz CT molecular complexity index is 490. The van der Waals surface area contributed by atoms with E-state index in [2.05, 4.69) is 15.1 Å². The first-order valence-corrected chi connectivity index (χ1v) is 8.44. The Morgan fingerprint density at radius 1 is 1.35 bits per heavy atom. The van der Waals surface area contributed by atoms with Crippen LogP contribution in [0.5, 0.6) is 0 Å². The third-order valence-corrected chi connectivity index (χ3v) is 4.28. The lowest BCUT2D eigenvalue weighted by Gasteiger charge is -2.32. The molecule has 2 rings (SSSR count). The first-order chi connectivity index (χ1) is 11.0. The van der Waals surface area contributed by atoms with E-state index in [0.29, 0.717) is 0 Å². The number of hydrogen-bond acceptors (Lipinski definition) is 3. The average Bonchev–Trinajstić information content (AvgIpc) is 2.54. The van der Waals surface area contributed by atoms with Gasteiger partial charge in [0.1, 0.15) is 5.82 Å². The predicted octanol–water partition coefficient (Wildman–Crippen LogP) is 2.11. The number of piperidine rings is 1. The third kappa shape index (κ3) is 6.28. The highest BCUT2D eigenvalue weighted by Gasteiger charge is 2.25. The molecule has 1 saturated heterocycles. The molecule has 0 radical (unpaired) electrons. The zero-order chi connectivity index (χ0) is 16.7. The van der Waals surface area contributed by atoms with Crippen molar-refractivity contribution in [3.05, 3.63) is 35.6 Å². The first kappa shape index (κ1) is 17.9. The second-order valence-electron chi connectivity index (χ2n) is 6.65. The van der Waals surface area contributed by atoms with E-state index >= 15 is 0 Å². The van der Waals surface area contributed by atoms with Crippen LogP contribution >= 0.6 is 0 Å². The van der Waals surface area contributed by atoms with Gasteiger partial charge in [0, 0.05) is 19.6 Å². The van der Waals surface area contributed by atoms with E-state index in [1.165, 1.54) is 12.1 Å². The molecule has 23 heavy (non-hydrogen) atoms. The van der Waals surface area contributed by atoms with Gasteiger partial charge in [-0.25, -0.2) is 4.39 Å². The summed E-state index contributed by atoms with van der Waals surface area (Å²) in [7, 11) is 4.08. The molecule has 1 aliphatic rings. The molecule has 1 aromatic carbocycles. The Hall–Kier alpha value is -1.46. The van der Waals surface area contributed by atoms with Crippen LogP contribution in [0.2, 0.25) is 0 Å². The number of nitrogens with zero attached hydrogens (tertiary/aromatic N) is 2. The molecule has 0 aliphatic carbocycles. The van der Waals surface area contributed by atoms with Crippen molar-refractivity contribution < 1.29 is 9.18 Å². The standard InChI is InChI=1S/C18H28FN3O/c1-21(2)11-4-10-20-18(23)16-5-3-12-22(14-16)13-15-6-8-17(19)9-7-15/h6-9,16H,3-5,10-14H2,1-2H3,(H,20,23). The molecule has 0 saturated carbocycles. The molecule has 0 spiro atoms. The Kier molecular flexibility index (Phi) is 6.99. The molecule has 1 heterocycles. The number of likely N-dealkylation sites (tertiary alicyclic amines) is 1. The summed E-state index contributed by atoms with van der Waals surface area (Å²) in [4.78, 5) is 16.7. The fraction of sp³-hybridized carbons (Fsp3) is 0.611. The Morgan fingerprint density at radius 3 is 2.78 bits per heavy atom. The molecule has 0 aromatic heterocycles. The van der Waals surface area contributed by atoms with Crippen molar-refractivity contribution in [3.63, 3.8) is 0 Å². The van der Waals surface area contributed by atoms with E-state index < -0.39 is 0 Å². The molecule has 1 aromatic rings. The summed E-state index contributed by atoms with van der Waals surface area (Å²) in [6, 6.07) is 6.63. The van der Waals surface area contributed by atoms with Crippen LogP contribution < -0.4 is 5.32 Å². The minimum absolute atomic E-state index is 0.0727. The topological polar surface area (TPSA) is 35.6 Å². The van der Waals surface area contributed by atoms with Crippen molar-refractivity contribution in [3.8, 4) is 0 Å². The molecule has 1 atom stereocenters. The number of benzene rings is 1. The van der Waals surface area contributed by atoms with Gasteiger partial charge in [0.2, 0.25) is 5.91 Å². The van der Waals surface area contributed by atoms with Crippen molar-refractivity contribution in [1.29, 1.82) is 0 Å². The van der Waals surface area contributed by atoms with Crippen molar-refractivity contribution in [1.82, 2.24) is 15.1 Å². The molecule has 1 aliphatic heterocycles. The number of hydrogen-bond donors (Lipinski definition) is 1. The van der Waals surface area contributed by atoms with Crippen LogP contribution in [0.15, 0.2) is 24.3 Å². The predicted molar refractivity (Wildman–Crippen MR) is 90.6 cm³/mol. The normalized spacial score (nSPS) is 19.0. The van der Waals surface area contributed by atoms with Gasteiger partial charge in [-0.2, -0.15) is 0 Å².